The quantitative estimate of drug-likeness (QED) is 0.879. The van der Waals surface area contributed by atoms with Crippen molar-refractivity contribution in [2.75, 3.05) is 20.8 Å². The Balaban J connectivity index is 3.42. The smallest absolute Gasteiger partial charge is 0.134 e. The molecule has 4 heteroatoms. The molecule has 0 fully saturated rings. The van der Waals surface area contributed by atoms with E-state index in [0.29, 0.717) is 23.6 Å². The third-order valence-electron chi connectivity index (χ3n) is 3.08. The molecule has 0 radical (unpaired) electrons. The molecule has 0 amide bonds. The van der Waals surface area contributed by atoms with Crippen LogP contribution in [0.3, 0.4) is 0 Å². The Morgan fingerprint density at radius 2 is 1.78 bits per heavy atom. The van der Waals surface area contributed by atoms with Crippen molar-refractivity contribution in [3.8, 4) is 11.5 Å². The van der Waals surface area contributed by atoms with Gasteiger partial charge in [-0.25, -0.2) is 4.39 Å². The largest absolute Gasteiger partial charge is 0.496 e. The molecular formula is C14H22FNO2. The minimum absolute atomic E-state index is 0.130. The van der Waals surface area contributed by atoms with E-state index in [1.165, 1.54) is 21.0 Å². The fourth-order valence-corrected chi connectivity index (χ4v) is 1.90. The number of hydrogen-bond acceptors (Lipinski definition) is 3. The summed E-state index contributed by atoms with van der Waals surface area (Å²) in [5.41, 5.74) is 5.61. The predicted molar refractivity (Wildman–Crippen MR) is 71.1 cm³/mol. The Hall–Kier alpha value is -1.29. The maximum Gasteiger partial charge on any atom is 0.134 e. The molecule has 0 saturated heterocycles. The minimum atomic E-state index is -1.48. The van der Waals surface area contributed by atoms with E-state index in [4.69, 9.17) is 15.2 Å². The van der Waals surface area contributed by atoms with Gasteiger partial charge < -0.3 is 15.2 Å². The fraction of sp³-hybridized carbons (Fsp3) is 0.571. The van der Waals surface area contributed by atoms with Crippen LogP contribution in [0.1, 0.15) is 37.8 Å². The average Bonchev–Trinajstić information content (AvgIpc) is 2.34. The van der Waals surface area contributed by atoms with E-state index in [1.807, 2.05) is 13.0 Å². The molecule has 0 aromatic heterocycles. The van der Waals surface area contributed by atoms with E-state index >= 15 is 0 Å². The second-order valence-electron chi connectivity index (χ2n) is 4.90. The lowest BCUT2D eigenvalue weighted by Gasteiger charge is -2.22. The molecule has 0 aliphatic carbocycles. The number of nitrogens with two attached hydrogens (primary N) is 1. The average molecular weight is 255 g/mol. The van der Waals surface area contributed by atoms with Gasteiger partial charge >= 0.3 is 0 Å². The second kappa shape index (κ2) is 5.57. The van der Waals surface area contributed by atoms with Crippen LogP contribution < -0.4 is 15.2 Å². The van der Waals surface area contributed by atoms with E-state index in [-0.39, 0.29) is 5.92 Å². The number of ether oxygens (including phenoxy) is 2. The van der Waals surface area contributed by atoms with Gasteiger partial charge in [0.25, 0.3) is 0 Å². The normalized spacial score (nSPS) is 13.3. The Kier molecular flexibility index (Phi) is 4.57. The first kappa shape index (κ1) is 14.8. The Morgan fingerprint density at radius 3 is 2.17 bits per heavy atom. The molecule has 0 saturated carbocycles. The van der Waals surface area contributed by atoms with Crippen molar-refractivity contribution < 1.29 is 13.9 Å². The summed E-state index contributed by atoms with van der Waals surface area (Å²) in [7, 11) is 3.11. The third kappa shape index (κ3) is 2.93. The Labute approximate surface area is 108 Å². The zero-order chi connectivity index (χ0) is 13.9. The summed E-state index contributed by atoms with van der Waals surface area (Å²) in [5.74, 6) is 1.30. The van der Waals surface area contributed by atoms with Gasteiger partial charge in [-0.2, -0.15) is 0 Å². The van der Waals surface area contributed by atoms with Crippen LogP contribution >= 0.6 is 0 Å². The van der Waals surface area contributed by atoms with Crippen molar-refractivity contribution >= 4 is 0 Å². The molecule has 18 heavy (non-hydrogen) atoms. The maximum absolute atomic E-state index is 14.1. The predicted octanol–water partition coefficient (Wildman–Crippen LogP) is 2.97. The highest BCUT2D eigenvalue weighted by Crippen LogP contribution is 2.39. The van der Waals surface area contributed by atoms with Crippen LogP contribution in [0.25, 0.3) is 0 Å². The highest BCUT2D eigenvalue weighted by Gasteiger charge is 2.26. The molecule has 1 atom stereocenters. The topological polar surface area (TPSA) is 44.5 Å². The molecule has 0 bridgehead atoms. The van der Waals surface area contributed by atoms with Gasteiger partial charge in [0.1, 0.15) is 17.2 Å². The second-order valence-corrected chi connectivity index (χ2v) is 4.90. The van der Waals surface area contributed by atoms with E-state index < -0.39 is 5.67 Å². The highest BCUT2D eigenvalue weighted by atomic mass is 19.1. The van der Waals surface area contributed by atoms with Crippen LogP contribution in [0, 0.1) is 0 Å². The highest BCUT2D eigenvalue weighted by molar-refractivity contribution is 5.50. The molecule has 2 N–H and O–H groups in total. The third-order valence-corrected chi connectivity index (χ3v) is 3.08. The molecule has 3 nitrogen and oxygen atoms in total. The molecule has 0 aliphatic heterocycles. The Morgan fingerprint density at radius 1 is 1.22 bits per heavy atom. The summed E-state index contributed by atoms with van der Waals surface area (Å²) in [4.78, 5) is 0. The van der Waals surface area contributed by atoms with Gasteiger partial charge in [0.15, 0.2) is 0 Å². The number of alkyl halides is 1. The lowest BCUT2D eigenvalue weighted by molar-refractivity contribution is 0.212. The van der Waals surface area contributed by atoms with Gasteiger partial charge in [-0.3, -0.25) is 0 Å². The summed E-state index contributed by atoms with van der Waals surface area (Å²) < 4.78 is 24.7. The standard InChI is InChI=1S/C14H22FNO2/c1-9(8-16)10-6-13(18-5)11(14(2,3)15)7-12(10)17-4/h6-7,9H,8,16H2,1-5H3. The zero-order valence-electron chi connectivity index (χ0n) is 11.7. The van der Waals surface area contributed by atoms with Crippen LogP contribution in [0.15, 0.2) is 12.1 Å². The molecule has 1 aromatic carbocycles. The maximum atomic E-state index is 14.1. The van der Waals surface area contributed by atoms with Gasteiger partial charge in [0, 0.05) is 11.1 Å². The summed E-state index contributed by atoms with van der Waals surface area (Å²) >= 11 is 0. The van der Waals surface area contributed by atoms with Crippen LogP contribution in [0.4, 0.5) is 4.39 Å². The SMILES string of the molecule is COc1cc(C(C)(C)F)c(OC)cc1C(C)CN. The number of rotatable bonds is 5. The lowest BCUT2D eigenvalue weighted by atomic mass is 9.92. The minimum Gasteiger partial charge on any atom is -0.496 e. The molecule has 0 aliphatic rings. The molecule has 1 aromatic rings. The van der Waals surface area contributed by atoms with Crippen LogP contribution in [0.5, 0.6) is 11.5 Å². The van der Waals surface area contributed by atoms with Crippen molar-refractivity contribution in [1.29, 1.82) is 0 Å². The van der Waals surface area contributed by atoms with Crippen molar-refractivity contribution in [2.45, 2.75) is 32.4 Å². The van der Waals surface area contributed by atoms with Crippen molar-refractivity contribution in [2.24, 2.45) is 5.73 Å². The van der Waals surface area contributed by atoms with Crippen LogP contribution in [-0.4, -0.2) is 20.8 Å². The molecule has 102 valence electrons. The van der Waals surface area contributed by atoms with Gasteiger partial charge in [-0.1, -0.05) is 6.92 Å². The monoisotopic (exact) mass is 255 g/mol. The van der Waals surface area contributed by atoms with E-state index in [1.54, 1.807) is 13.2 Å². The van der Waals surface area contributed by atoms with Gasteiger partial charge in [-0.15, -0.1) is 0 Å². The zero-order valence-corrected chi connectivity index (χ0v) is 11.7. The molecule has 0 heterocycles. The van der Waals surface area contributed by atoms with Gasteiger partial charge in [-0.05, 0) is 38.4 Å². The number of benzene rings is 1. The van der Waals surface area contributed by atoms with Crippen molar-refractivity contribution in [3.05, 3.63) is 23.3 Å². The van der Waals surface area contributed by atoms with Crippen LogP contribution in [-0.2, 0) is 5.67 Å². The molecular weight excluding hydrogens is 233 g/mol. The van der Waals surface area contributed by atoms with E-state index in [0.717, 1.165) is 5.56 Å². The first-order valence-corrected chi connectivity index (χ1v) is 6.00. The molecule has 1 unspecified atom stereocenters. The number of hydrogen-bond donors (Lipinski definition) is 1. The molecule has 1 rings (SSSR count). The first-order valence-electron chi connectivity index (χ1n) is 6.00. The lowest BCUT2D eigenvalue weighted by Crippen LogP contribution is -2.14. The summed E-state index contributed by atoms with van der Waals surface area (Å²) in [6.45, 7) is 5.49. The number of halogens is 1. The van der Waals surface area contributed by atoms with Gasteiger partial charge in [0.05, 0.1) is 14.2 Å². The molecule has 0 spiro atoms. The Bertz CT molecular complexity index is 413. The van der Waals surface area contributed by atoms with E-state index in [2.05, 4.69) is 0 Å². The summed E-state index contributed by atoms with van der Waals surface area (Å²) in [6, 6.07) is 3.51. The van der Waals surface area contributed by atoms with Crippen molar-refractivity contribution in [1.82, 2.24) is 0 Å². The van der Waals surface area contributed by atoms with E-state index in [9.17, 15) is 4.39 Å². The van der Waals surface area contributed by atoms with Crippen LogP contribution in [0.2, 0.25) is 0 Å². The summed E-state index contributed by atoms with van der Waals surface area (Å²) in [6.07, 6.45) is 0. The summed E-state index contributed by atoms with van der Waals surface area (Å²) in [5, 5.41) is 0. The fourth-order valence-electron chi connectivity index (χ4n) is 1.90. The van der Waals surface area contributed by atoms with Crippen molar-refractivity contribution in [3.63, 3.8) is 0 Å². The number of methoxy groups -OCH3 is 2. The first-order chi connectivity index (χ1) is 8.35. The van der Waals surface area contributed by atoms with Gasteiger partial charge in [0.2, 0.25) is 0 Å².